The minimum atomic E-state index is -0.397. The number of carbonyl (C=O) groups is 2. The van der Waals surface area contributed by atoms with E-state index in [1.807, 2.05) is 30.3 Å². The summed E-state index contributed by atoms with van der Waals surface area (Å²) in [6.07, 6.45) is 5.03. The van der Waals surface area contributed by atoms with Gasteiger partial charge in [0.15, 0.2) is 0 Å². The molecule has 4 rings (SSSR count). The van der Waals surface area contributed by atoms with Crippen molar-refractivity contribution in [3.63, 3.8) is 0 Å². The summed E-state index contributed by atoms with van der Waals surface area (Å²) in [6, 6.07) is 13.8. The van der Waals surface area contributed by atoms with E-state index in [2.05, 4.69) is 21.7 Å². The maximum Gasteiger partial charge on any atom is 0.253 e. The van der Waals surface area contributed by atoms with Crippen LogP contribution in [0.2, 0.25) is 0 Å². The number of benzene rings is 2. The average molecular weight is 449 g/mol. The molecule has 33 heavy (non-hydrogen) atoms. The predicted octanol–water partition coefficient (Wildman–Crippen LogP) is 3.33. The van der Waals surface area contributed by atoms with E-state index in [-0.39, 0.29) is 5.91 Å². The lowest BCUT2D eigenvalue weighted by atomic mass is 10.0. The third-order valence-corrected chi connectivity index (χ3v) is 6.59. The number of aromatic nitrogens is 1. The molecule has 7 heteroatoms. The largest absolute Gasteiger partial charge is 0.496 e. The van der Waals surface area contributed by atoms with Crippen LogP contribution in [0.1, 0.15) is 45.2 Å². The van der Waals surface area contributed by atoms with Crippen molar-refractivity contribution in [2.45, 2.75) is 25.3 Å². The summed E-state index contributed by atoms with van der Waals surface area (Å²) in [6.45, 7) is 2.91. The molecule has 0 unspecified atom stereocenters. The number of primary amides is 1. The Labute approximate surface area is 194 Å². The van der Waals surface area contributed by atoms with Crippen LogP contribution < -0.4 is 10.5 Å². The van der Waals surface area contributed by atoms with Crippen molar-refractivity contribution in [3.8, 4) is 5.75 Å². The van der Waals surface area contributed by atoms with Gasteiger partial charge in [0.2, 0.25) is 5.91 Å². The highest BCUT2D eigenvalue weighted by molar-refractivity contribution is 5.97. The van der Waals surface area contributed by atoms with Crippen molar-refractivity contribution in [2.75, 3.05) is 40.8 Å². The number of fused-ring (bicyclic) bond motifs is 1. The van der Waals surface area contributed by atoms with Crippen LogP contribution in [-0.2, 0) is 6.42 Å². The van der Waals surface area contributed by atoms with Crippen LogP contribution in [0.3, 0.4) is 0 Å². The summed E-state index contributed by atoms with van der Waals surface area (Å²) in [7, 11) is 5.20. The van der Waals surface area contributed by atoms with E-state index >= 15 is 0 Å². The zero-order valence-corrected chi connectivity index (χ0v) is 19.6. The molecule has 1 fully saturated rings. The molecular formula is C26H32N4O3. The number of nitrogens with zero attached hydrogens (tertiary/aromatic N) is 3. The maximum absolute atomic E-state index is 12.3. The Morgan fingerprint density at radius 2 is 1.79 bits per heavy atom. The molecular weight excluding hydrogens is 416 g/mol. The summed E-state index contributed by atoms with van der Waals surface area (Å²) in [4.78, 5) is 28.0. The molecule has 174 valence electrons. The molecule has 0 aliphatic carbocycles. The van der Waals surface area contributed by atoms with Gasteiger partial charge in [0, 0.05) is 62.6 Å². The average Bonchev–Trinajstić information content (AvgIpc) is 3.25. The third kappa shape index (κ3) is 4.88. The number of hydrogen-bond donors (Lipinski definition) is 1. The standard InChI is InChI=1S/C26H32N4O3/c1-28(2)26(32)21-6-7-24(33-3)19(16-21)8-12-29-13-10-22(11-14-29)30-15-9-18-4-5-20(25(27)31)17-23(18)30/h4-7,9,15-17,22H,8,10-14H2,1-3H3,(H2,27,31). The number of piperidine rings is 1. The zero-order valence-electron chi connectivity index (χ0n) is 19.6. The number of ether oxygens (including phenoxy) is 1. The van der Waals surface area contributed by atoms with Gasteiger partial charge in [0.25, 0.3) is 5.91 Å². The van der Waals surface area contributed by atoms with Crippen LogP contribution in [0, 0.1) is 0 Å². The second kappa shape index (κ2) is 9.67. The predicted molar refractivity (Wildman–Crippen MR) is 130 cm³/mol. The van der Waals surface area contributed by atoms with E-state index in [4.69, 9.17) is 10.5 Å². The first-order valence-electron chi connectivity index (χ1n) is 11.4. The van der Waals surface area contributed by atoms with Crippen LogP contribution in [0.4, 0.5) is 0 Å². The normalized spacial score (nSPS) is 15.0. The Morgan fingerprint density at radius 3 is 2.45 bits per heavy atom. The Morgan fingerprint density at radius 1 is 1.06 bits per heavy atom. The molecule has 2 N–H and O–H groups in total. The molecule has 2 aromatic carbocycles. The summed E-state index contributed by atoms with van der Waals surface area (Å²) < 4.78 is 7.82. The molecule has 3 aromatic rings. The first-order valence-corrected chi connectivity index (χ1v) is 11.4. The van der Waals surface area contributed by atoms with Crippen molar-refractivity contribution in [2.24, 2.45) is 5.73 Å². The summed E-state index contributed by atoms with van der Waals surface area (Å²) >= 11 is 0. The van der Waals surface area contributed by atoms with Crippen LogP contribution in [0.5, 0.6) is 5.75 Å². The van der Waals surface area contributed by atoms with Crippen molar-refractivity contribution in [1.29, 1.82) is 0 Å². The molecule has 0 bridgehead atoms. The summed E-state index contributed by atoms with van der Waals surface area (Å²) in [5, 5.41) is 1.13. The fourth-order valence-electron chi connectivity index (χ4n) is 4.69. The van der Waals surface area contributed by atoms with E-state index in [0.717, 1.165) is 61.1 Å². The smallest absolute Gasteiger partial charge is 0.253 e. The van der Waals surface area contributed by atoms with E-state index in [1.54, 1.807) is 32.2 Å². The lowest BCUT2D eigenvalue weighted by Crippen LogP contribution is -2.36. The quantitative estimate of drug-likeness (QED) is 0.601. The van der Waals surface area contributed by atoms with E-state index in [1.165, 1.54) is 0 Å². The first-order chi connectivity index (χ1) is 15.9. The highest BCUT2D eigenvalue weighted by Crippen LogP contribution is 2.29. The Bertz CT molecular complexity index is 1160. The molecule has 2 amide bonds. The number of methoxy groups -OCH3 is 1. The number of nitrogens with two attached hydrogens (primary N) is 1. The maximum atomic E-state index is 12.3. The fourth-order valence-corrected chi connectivity index (χ4v) is 4.69. The third-order valence-electron chi connectivity index (χ3n) is 6.59. The molecule has 0 radical (unpaired) electrons. The Hall–Kier alpha value is -3.32. The molecule has 0 atom stereocenters. The van der Waals surface area contributed by atoms with Gasteiger partial charge in [-0.15, -0.1) is 0 Å². The number of amides is 2. The van der Waals surface area contributed by atoms with Crippen molar-refractivity contribution in [3.05, 3.63) is 65.4 Å². The van der Waals surface area contributed by atoms with Crippen LogP contribution in [0.15, 0.2) is 48.7 Å². The molecule has 0 saturated carbocycles. The van der Waals surface area contributed by atoms with E-state index < -0.39 is 5.91 Å². The molecule has 1 aliphatic heterocycles. The van der Waals surface area contributed by atoms with Gasteiger partial charge in [0.1, 0.15) is 5.75 Å². The Kier molecular flexibility index (Phi) is 6.70. The molecule has 1 aromatic heterocycles. The fraction of sp³-hybridized carbons (Fsp3) is 0.385. The second-order valence-electron chi connectivity index (χ2n) is 8.91. The van der Waals surface area contributed by atoms with Gasteiger partial charge in [-0.25, -0.2) is 0 Å². The van der Waals surface area contributed by atoms with Crippen molar-refractivity contribution in [1.82, 2.24) is 14.4 Å². The summed E-state index contributed by atoms with van der Waals surface area (Å²) in [5.74, 6) is 0.425. The second-order valence-corrected chi connectivity index (χ2v) is 8.91. The van der Waals surface area contributed by atoms with Gasteiger partial charge >= 0.3 is 0 Å². The van der Waals surface area contributed by atoms with Gasteiger partial charge in [0.05, 0.1) is 7.11 Å². The number of carbonyl (C=O) groups excluding carboxylic acids is 2. The topological polar surface area (TPSA) is 80.8 Å². The number of likely N-dealkylation sites (tertiary alicyclic amines) is 1. The minimum Gasteiger partial charge on any atom is -0.496 e. The van der Waals surface area contributed by atoms with Crippen LogP contribution in [0.25, 0.3) is 10.9 Å². The summed E-state index contributed by atoms with van der Waals surface area (Å²) in [5.41, 5.74) is 8.83. The van der Waals surface area contributed by atoms with Crippen molar-refractivity contribution < 1.29 is 14.3 Å². The highest BCUT2D eigenvalue weighted by Gasteiger charge is 2.22. The molecule has 1 saturated heterocycles. The van der Waals surface area contributed by atoms with Gasteiger partial charge in [-0.1, -0.05) is 6.07 Å². The van der Waals surface area contributed by atoms with Gasteiger partial charge in [-0.05, 0) is 66.6 Å². The van der Waals surface area contributed by atoms with Gasteiger partial charge in [-0.2, -0.15) is 0 Å². The van der Waals surface area contributed by atoms with E-state index in [9.17, 15) is 9.59 Å². The molecule has 0 spiro atoms. The van der Waals surface area contributed by atoms with Crippen LogP contribution in [-0.4, -0.2) is 67.0 Å². The zero-order chi connectivity index (χ0) is 23.5. The van der Waals surface area contributed by atoms with Crippen molar-refractivity contribution >= 4 is 22.7 Å². The molecule has 7 nitrogen and oxygen atoms in total. The first kappa shape index (κ1) is 22.9. The van der Waals surface area contributed by atoms with Gasteiger partial charge in [-0.3, -0.25) is 9.59 Å². The van der Waals surface area contributed by atoms with Crippen LogP contribution >= 0.6 is 0 Å². The SMILES string of the molecule is COc1ccc(C(=O)N(C)C)cc1CCN1CCC(n2ccc3ccc(C(N)=O)cc32)CC1. The minimum absolute atomic E-state index is 0.00170. The monoisotopic (exact) mass is 448 g/mol. The number of rotatable bonds is 7. The van der Waals surface area contributed by atoms with E-state index in [0.29, 0.717) is 17.2 Å². The highest BCUT2D eigenvalue weighted by atomic mass is 16.5. The molecule has 2 heterocycles. The van der Waals surface area contributed by atoms with Gasteiger partial charge < -0.3 is 24.8 Å². The lowest BCUT2D eigenvalue weighted by molar-refractivity contribution is 0.0827. The lowest BCUT2D eigenvalue weighted by Gasteiger charge is -2.33. The number of hydrogen-bond acceptors (Lipinski definition) is 4. The molecule has 1 aliphatic rings. The Balaban J connectivity index is 1.40.